The minimum absolute atomic E-state index is 0.0101. The number of nitrogens with one attached hydrogen (secondary N) is 1. The molecule has 3 heterocycles. The van der Waals surface area contributed by atoms with Gasteiger partial charge in [0.15, 0.2) is 0 Å². The van der Waals surface area contributed by atoms with E-state index in [0.717, 1.165) is 61.8 Å². The van der Waals surface area contributed by atoms with Gasteiger partial charge in [-0.3, -0.25) is 4.79 Å². The molecule has 146 valence electrons. The van der Waals surface area contributed by atoms with Crippen LogP contribution >= 0.6 is 11.3 Å². The van der Waals surface area contributed by atoms with Crippen LogP contribution in [0.2, 0.25) is 0 Å². The van der Waals surface area contributed by atoms with Gasteiger partial charge in [-0.1, -0.05) is 12.1 Å². The Morgan fingerprint density at radius 2 is 2.00 bits per heavy atom. The summed E-state index contributed by atoms with van der Waals surface area (Å²) >= 11 is 1.74. The number of unbranched alkanes of at least 4 members (excludes halogenated alkanes) is 1. The maximum atomic E-state index is 12.2. The summed E-state index contributed by atoms with van der Waals surface area (Å²) < 4.78 is 6.59. The van der Waals surface area contributed by atoms with Crippen LogP contribution < -0.4 is 10.2 Å². The maximum absolute atomic E-state index is 12.2. The Kier molecular flexibility index (Phi) is 6.14. The Morgan fingerprint density at radius 3 is 2.79 bits per heavy atom. The molecule has 0 radical (unpaired) electrons. The van der Waals surface area contributed by atoms with Crippen LogP contribution in [0.4, 0.5) is 11.5 Å². The summed E-state index contributed by atoms with van der Waals surface area (Å²) in [6, 6.07) is 12.1. The first kappa shape index (κ1) is 18.8. The van der Waals surface area contributed by atoms with Crippen molar-refractivity contribution < 1.29 is 9.53 Å². The Hall–Kier alpha value is -2.51. The second-order valence-corrected chi connectivity index (χ2v) is 7.95. The van der Waals surface area contributed by atoms with Crippen molar-refractivity contribution in [2.45, 2.75) is 25.7 Å². The normalized spacial score (nSPS) is 14.4. The van der Waals surface area contributed by atoms with Crippen LogP contribution in [-0.4, -0.2) is 42.2 Å². The number of carbonyl (C=O) groups is 1. The zero-order valence-corrected chi connectivity index (χ0v) is 16.6. The van der Waals surface area contributed by atoms with Crippen molar-refractivity contribution in [3.63, 3.8) is 0 Å². The smallest absolute Gasteiger partial charge is 0.225 e. The molecule has 1 aliphatic heterocycles. The van der Waals surface area contributed by atoms with Gasteiger partial charge in [-0.25, -0.2) is 9.97 Å². The highest BCUT2D eigenvalue weighted by Gasteiger charge is 2.12. The van der Waals surface area contributed by atoms with Gasteiger partial charge in [-0.2, -0.15) is 0 Å². The van der Waals surface area contributed by atoms with Crippen molar-refractivity contribution in [2.75, 3.05) is 36.5 Å². The highest BCUT2D eigenvalue weighted by Crippen LogP contribution is 2.23. The van der Waals surface area contributed by atoms with Crippen molar-refractivity contribution in [2.24, 2.45) is 0 Å². The quantitative estimate of drug-likeness (QED) is 0.614. The average Bonchev–Trinajstić information content (AvgIpc) is 3.15. The number of hydrogen-bond donors (Lipinski definition) is 1. The summed E-state index contributed by atoms with van der Waals surface area (Å²) in [4.78, 5) is 23.4. The van der Waals surface area contributed by atoms with Crippen molar-refractivity contribution in [1.82, 2.24) is 9.97 Å². The number of pyridine rings is 1. The number of carbonyl (C=O) groups excluding carboxylic acids is 1. The fourth-order valence-corrected chi connectivity index (χ4v) is 4.27. The average molecular weight is 397 g/mol. The van der Waals surface area contributed by atoms with Crippen LogP contribution in [0, 0.1) is 0 Å². The number of ether oxygens (including phenoxy) is 1. The molecule has 2 aromatic heterocycles. The third kappa shape index (κ3) is 4.85. The zero-order chi connectivity index (χ0) is 19.2. The van der Waals surface area contributed by atoms with Gasteiger partial charge in [0, 0.05) is 19.5 Å². The molecule has 1 saturated heterocycles. The van der Waals surface area contributed by atoms with E-state index < -0.39 is 0 Å². The van der Waals surface area contributed by atoms with Crippen molar-refractivity contribution in [1.29, 1.82) is 0 Å². The van der Waals surface area contributed by atoms with Crippen molar-refractivity contribution >= 4 is 39.0 Å². The number of thiazole rings is 1. The lowest BCUT2D eigenvalue weighted by molar-refractivity contribution is -0.116. The predicted octanol–water partition coefficient (Wildman–Crippen LogP) is 3.88. The molecule has 3 aromatic rings. The maximum Gasteiger partial charge on any atom is 0.225 e. The van der Waals surface area contributed by atoms with Crippen molar-refractivity contribution in [3.8, 4) is 0 Å². The van der Waals surface area contributed by atoms with E-state index in [4.69, 9.17) is 4.74 Å². The van der Waals surface area contributed by atoms with Gasteiger partial charge < -0.3 is 15.0 Å². The van der Waals surface area contributed by atoms with Crippen LogP contribution in [0.3, 0.4) is 0 Å². The second-order valence-electron chi connectivity index (χ2n) is 6.83. The largest absolute Gasteiger partial charge is 0.378 e. The van der Waals surface area contributed by atoms with Crippen LogP contribution in [-0.2, 0) is 16.0 Å². The van der Waals surface area contributed by atoms with Gasteiger partial charge in [0.25, 0.3) is 0 Å². The number of morpholine rings is 1. The number of nitrogens with zero attached hydrogens (tertiary/aromatic N) is 3. The Bertz CT molecular complexity index is 887. The molecule has 4 rings (SSSR count). The Labute approximate surface area is 168 Å². The van der Waals surface area contributed by atoms with E-state index in [1.807, 2.05) is 36.5 Å². The first-order chi connectivity index (χ1) is 13.8. The molecule has 6 nitrogen and oxygen atoms in total. The van der Waals surface area contributed by atoms with Crippen LogP contribution in [0.5, 0.6) is 0 Å². The van der Waals surface area contributed by atoms with Gasteiger partial charge in [0.05, 0.1) is 40.3 Å². The lowest BCUT2D eigenvalue weighted by Gasteiger charge is -2.28. The zero-order valence-electron chi connectivity index (χ0n) is 15.8. The monoisotopic (exact) mass is 396 g/mol. The molecule has 0 unspecified atom stereocenters. The molecule has 1 N–H and O–H groups in total. The van der Waals surface area contributed by atoms with E-state index in [9.17, 15) is 4.79 Å². The number of amides is 1. The van der Waals surface area contributed by atoms with E-state index in [1.165, 1.54) is 4.70 Å². The number of rotatable bonds is 7. The molecule has 7 heteroatoms. The summed E-state index contributed by atoms with van der Waals surface area (Å²) in [5.41, 5.74) is 2.13. The predicted molar refractivity (Wildman–Crippen MR) is 113 cm³/mol. The molecule has 1 fully saturated rings. The third-order valence-electron chi connectivity index (χ3n) is 4.77. The van der Waals surface area contributed by atoms with Gasteiger partial charge in [0.1, 0.15) is 5.82 Å². The molecule has 0 saturated carbocycles. The van der Waals surface area contributed by atoms with E-state index in [2.05, 4.69) is 26.3 Å². The first-order valence-electron chi connectivity index (χ1n) is 9.71. The van der Waals surface area contributed by atoms with Gasteiger partial charge in [-0.05, 0) is 43.5 Å². The van der Waals surface area contributed by atoms with E-state index in [1.54, 1.807) is 11.3 Å². The standard InChI is InChI=1S/C21H24N4O2S/c26-20(7-3-4-8-21-23-17-5-1-2-6-18(17)28-21)24-19-10-9-16(15-22-19)25-11-13-27-14-12-25/h1-2,5-6,9-10,15H,3-4,7-8,11-14H2,(H,22,24,26). The lowest BCUT2D eigenvalue weighted by Crippen LogP contribution is -2.36. The fraction of sp³-hybridized carbons (Fsp3) is 0.381. The molecule has 1 amide bonds. The Morgan fingerprint density at radius 1 is 1.14 bits per heavy atom. The number of fused-ring (bicyclic) bond motifs is 1. The van der Waals surface area contributed by atoms with Crippen LogP contribution in [0.25, 0.3) is 10.2 Å². The molecule has 0 spiro atoms. The van der Waals surface area contributed by atoms with E-state index in [0.29, 0.717) is 12.2 Å². The van der Waals surface area contributed by atoms with E-state index in [-0.39, 0.29) is 5.91 Å². The first-order valence-corrected chi connectivity index (χ1v) is 10.5. The summed E-state index contributed by atoms with van der Waals surface area (Å²) in [6.07, 6.45) is 5.02. The minimum atomic E-state index is 0.0101. The van der Waals surface area contributed by atoms with E-state index >= 15 is 0 Å². The topological polar surface area (TPSA) is 67.4 Å². The van der Waals surface area contributed by atoms with Crippen molar-refractivity contribution in [3.05, 3.63) is 47.6 Å². The summed E-state index contributed by atoms with van der Waals surface area (Å²) in [5.74, 6) is 0.615. The number of anilines is 2. The lowest BCUT2D eigenvalue weighted by atomic mass is 10.2. The molecule has 28 heavy (non-hydrogen) atoms. The minimum Gasteiger partial charge on any atom is -0.378 e. The Balaban J connectivity index is 1.20. The highest BCUT2D eigenvalue weighted by atomic mass is 32.1. The van der Waals surface area contributed by atoms with Crippen LogP contribution in [0.1, 0.15) is 24.3 Å². The SMILES string of the molecule is O=C(CCCCc1nc2ccccc2s1)Nc1ccc(N2CCOCC2)cn1. The summed E-state index contributed by atoms with van der Waals surface area (Å²) in [5, 5.41) is 4.03. The number of aryl methyl sites for hydroxylation is 1. The highest BCUT2D eigenvalue weighted by molar-refractivity contribution is 7.18. The fourth-order valence-electron chi connectivity index (χ4n) is 3.26. The molecule has 1 aliphatic rings. The molecule has 0 atom stereocenters. The molecular weight excluding hydrogens is 372 g/mol. The summed E-state index contributed by atoms with van der Waals surface area (Å²) in [6.45, 7) is 3.25. The van der Waals surface area contributed by atoms with Gasteiger partial charge in [-0.15, -0.1) is 11.3 Å². The number of para-hydroxylation sites is 1. The second kappa shape index (κ2) is 9.12. The molecule has 0 bridgehead atoms. The summed E-state index contributed by atoms with van der Waals surface area (Å²) in [7, 11) is 0. The molecule has 0 aliphatic carbocycles. The third-order valence-corrected chi connectivity index (χ3v) is 5.87. The number of benzene rings is 1. The van der Waals surface area contributed by atoms with Crippen LogP contribution in [0.15, 0.2) is 42.6 Å². The number of aromatic nitrogens is 2. The van der Waals surface area contributed by atoms with Gasteiger partial charge >= 0.3 is 0 Å². The molecular formula is C21H24N4O2S. The number of hydrogen-bond acceptors (Lipinski definition) is 6. The molecule has 1 aromatic carbocycles. The van der Waals surface area contributed by atoms with Gasteiger partial charge in [0.2, 0.25) is 5.91 Å².